The van der Waals surface area contributed by atoms with Gasteiger partial charge in [-0.2, -0.15) is 0 Å². The summed E-state index contributed by atoms with van der Waals surface area (Å²) < 4.78 is 1.52. The topological polar surface area (TPSA) is 66.9 Å². The molecule has 0 spiro atoms. The van der Waals surface area contributed by atoms with Gasteiger partial charge in [0.25, 0.3) is 11.5 Å². The van der Waals surface area contributed by atoms with Gasteiger partial charge < -0.3 is 10.3 Å². The van der Waals surface area contributed by atoms with Crippen LogP contribution in [0.2, 0.25) is 5.02 Å². The molecular weight excluding hydrogens is 346 g/mol. The standard InChI is InChI=1S/C17H12ClN3O2S/c18-12-6-8-13(9-7-12)21-16(23)14(10-19-17(21)24)20-15(22)11-4-2-1-3-5-11/h1-10H,(H,19,24)(H,20,22). The summed E-state index contributed by atoms with van der Waals surface area (Å²) in [4.78, 5) is 27.7. The third-order valence-electron chi connectivity index (χ3n) is 3.35. The number of carbonyl (C=O) groups excluding carboxylic acids is 1. The lowest BCUT2D eigenvalue weighted by molar-refractivity contribution is 0.102. The smallest absolute Gasteiger partial charge is 0.282 e. The van der Waals surface area contributed by atoms with Gasteiger partial charge in [-0.05, 0) is 48.6 Å². The number of amides is 1. The molecule has 0 saturated heterocycles. The van der Waals surface area contributed by atoms with Gasteiger partial charge in [-0.15, -0.1) is 0 Å². The fourth-order valence-corrected chi connectivity index (χ4v) is 2.54. The predicted molar refractivity (Wildman–Crippen MR) is 96.6 cm³/mol. The summed E-state index contributed by atoms with van der Waals surface area (Å²) in [7, 11) is 0. The molecule has 2 aromatic carbocycles. The van der Waals surface area contributed by atoms with Crippen molar-refractivity contribution < 1.29 is 4.79 Å². The molecule has 0 fully saturated rings. The number of hydrogen-bond donors (Lipinski definition) is 2. The van der Waals surface area contributed by atoms with Crippen LogP contribution in [0.15, 0.2) is 65.6 Å². The molecule has 1 heterocycles. The van der Waals surface area contributed by atoms with Crippen LogP contribution in [0, 0.1) is 4.77 Å². The molecule has 24 heavy (non-hydrogen) atoms. The number of anilines is 1. The van der Waals surface area contributed by atoms with Crippen LogP contribution in [0.1, 0.15) is 10.4 Å². The Labute approximate surface area is 147 Å². The summed E-state index contributed by atoms with van der Waals surface area (Å²) in [6.07, 6.45) is 1.39. The molecule has 0 bridgehead atoms. The second-order valence-electron chi connectivity index (χ2n) is 4.94. The molecule has 1 amide bonds. The third kappa shape index (κ3) is 3.29. The minimum absolute atomic E-state index is 0.104. The van der Waals surface area contributed by atoms with E-state index < -0.39 is 5.56 Å². The fraction of sp³-hybridized carbons (Fsp3) is 0. The Kier molecular flexibility index (Phi) is 4.59. The zero-order valence-electron chi connectivity index (χ0n) is 12.3. The van der Waals surface area contributed by atoms with Crippen LogP contribution in [0.5, 0.6) is 0 Å². The number of H-pyrrole nitrogens is 1. The normalized spacial score (nSPS) is 10.4. The van der Waals surface area contributed by atoms with Crippen molar-refractivity contribution in [3.8, 4) is 5.69 Å². The van der Waals surface area contributed by atoms with E-state index in [0.29, 0.717) is 16.3 Å². The lowest BCUT2D eigenvalue weighted by Crippen LogP contribution is -2.26. The first kappa shape index (κ1) is 16.2. The molecule has 0 radical (unpaired) electrons. The Bertz CT molecular complexity index is 995. The van der Waals surface area contributed by atoms with Gasteiger partial charge in [0, 0.05) is 16.8 Å². The second kappa shape index (κ2) is 6.82. The Morgan fingerprint density at radius 3 is 2.42 bits per heavy atom. The highest BCUT2D eigenvalue weighted by molar-refractivity contribution is 7.71. The molecule has 0 unspecified atom stereocenters. The highest BCUT2D eigenvalue weighted by Crippen LogP contribution is 2.13. The first-order chi connectivity index (χ1) is 11.6. The van der Waals surface area contributed by atoms with Crippen molar-refractivity contribution in [2.45, 2.75) is 0 Å². The van der Waals surface area contributed by atoms with Gasteiger partial charge >= 0.3 is 0 Å². The van der Waals surface area contributed by atoms with E-state index in [1.807, 2.05) is 6.07 Å². The molecule has 7 heteroatoms. The van der Waals surface area contributed by atoms with Crippen molar-refractivity contribution >= 4 is 35.4 Å². The quantitative estimate of drug-likeness (QED) is 0.700. The minimum Gasteiger partial charge on any atom is -0.336 e. The SMILES string of the molecule is O=C(Nc1c[nH]c(=S)n(-c2ccc(Cl)cc2)c1=O)c1ccccc1. The van der Waals surface area contributed by atoms with E-state index >= 15 is 0 Å². The number of nitrogens with zero attached hydrogens (tertiary/aromatic N) is 1. The maximum Gasteiger partial charge on any atom is 0.282 e. The average molecular weight is 358 g/mol. The van der Waals surface area contributed by atoms with Crippen molar-refractivity contribution in [2.75, 3.05) is 5.32 Å². The average Bonchev–Trinajstić information content (AvgIpc) is 2.60. The van der Waals surface area contributed by atoms with Crippen molar-refractivity contribution in [1.82, 2.24) is 9.55 Å². The molecule has 3 rings (SSSR count). The maximum atomic E-state index is 12.7. The molecule has 2 N–H and O–H groups in total. The van der Waals surface area contributed by atoms with Crippen molar-refractivity contribution in [3.05, 3.63) is 86.5 Å². The van der Waals surface area contributed by atoms with Crippen molar-refractivity contribution in [1.29, 1.82) is 0 Å². The molecule has 0 aliphatic rings. The number of rotatable bonds is 3. The Morgan fingerprint density at radius 2 is 1.75 bits per heavy atom. The summed E-state index contributed by atoms with van der Waals surface area (Å²) in [6, 6.07) is 15.3. The van der Waals surface area contributed by atoms with Crippen molar-refractivity contribution in [3.63, 3.8) is 0 Å². The molecule has 3 aromatic rings. The van der Waals surface area contributed by atoms with Gasteiger partial charge in [0.15, 0.2) is 4.77 Å². The summed E-state index contributed by atoms with van der Waals surface area (Å²) in [5, 5.41) is 3.15. The molecule has 120 valence electrons. The van der Waals surface area contributed by atoms with Crippen LogP contribution >= 0.6 is 23.8 Å². The van der Waals surface area contributed by atoms with Gasteiger partial charge in [-0.3, -0.25) is 14.2 Å². The molecule has 0 atom stereocenters. The largest absolute Gasteiger partial charge is 0.336 e. The number of carbonyl (C=O) groups is 1. The van der Waals surface area contributed by atoms with Crippen LogP contribution in [0.4, 0.5) is 5.69 Å². The lowest BCUT2D eigenvalue weighted by atomic mass is 10.2. The third-order valence-corrected chi connectivity index (χ3v) is 3.90. The molecule has 1 aromatic heterocycles. The first-order valence-electron chi connectivity index (χ1n) is 7.03. The minimum atomic E-state index is -0.426. The van der Waals surface area contributed by atoms with E-state index in [0.717, 1.165) is 0 Å². The van der Waals surface area contributed by atoms with E-state index in [4.69, 9.17) is 23.8 Å². The highest BCUT2D eigenvalue weighted by Gasteiger charge is 2.11. The Morgan fingerprint density at radius 1 is 1.08 bits per heavy atom. The molecule has 0 aliphatic carbocycles. The maximum absolute atomic E-state index is 12.7. The van der Waals surface area contributed by atoms with Crippen LogP contribution in [0.25, 0.3) is 5.69 Å². The van der Waals surface area contributed by atoms with Gasteiger partial charge in [0.05, 0.1) is 5.69 Å². The van der Waals surface area contributed by atoms with Crippen LogP contribution in [-0.2, 0) is 0 Å². The van der Waals surface area contributed by atoms with Gasteiger partial charge in [-0.1, -0.05) is 29.8 Å². The first-order valence-corrected chi connectivity index (χ1v) is 7.82. The second-order valence-corrected chi connectivity index (χ2v) is 5.77. The van der Waals surface area contributed by atoms with Gasteiger partial charge in [0.1, 0.15) is 5.69 Å². The number of aromatic nitrogens is 2. The van der Waals surface area contributed by atoms with Crippen LogP contribution in [0.3, 0.4) is 0 Å². The fourth-order valence-electron chi connectivity index (χ4n) is 2.17. The summed E-state index contributed by atoms with van der Waals surface area (Å²) in [5.74, 6) is -0.374. The summed E-state index contributed by atoms with van der Waals surface area (Å²) in [6.45, 7) is 0. The summed E-state index contributed by atoms with van der Waals surface area (Å²) >= 11 is 11.1. The molecule has 0 saturated carbocycles. The number of benzene rings is 2. The van der Waals surface area contributed by atoms with E-state index in [2.05, 4.69) is 10.3 Å². The zero-order chi connectivity index (χ0) is 17.1. The number of hydrogen-bond acceptors (Lipinski definition) is 3. The Balaban J connectivity index is 2.01. The number of aromatic amines is 1. The highest BCUT2D eigenvalue weighted by atomic mass is 35.5. The van der Waals surface area contributed by atoms with E-state index in [1.54, 1.807) is 48.5 Å². The molecule has 5 nitrogen and oxygen atoms in total. The zero-order valence-corrected chi connectivity index (χ0v) is 13.9. The van der Waals surface area contributed by atoms with Gasteiger partial charge in [0.2, 0.25) is 0 Å². The van der Waals surface area contributed by atoms with E-state index in [1.165, 1.54) is 10.8 Å². The number of halogens is 1. The number of nitrogens with one attached hydrogen (secondary N) is 2. The molecule has 0 aliphatic heterocycles. The van der Waals surface area contributed by atoms with E-state index in [9.17, 15) is 9.59 Å². The Hall–Kier alpha value is -2.70. The van der Waals surface area contributed by atoms with Crippen LogP contribution in [-0.4, -0.2) is 15.5 Å². The predicted octanol–water partition coefficient (Wildman–Crippen LogP) is 3.80. The molecular formula is C17H12ClN3O2S. The van der Waals surface area contributed by atoms with Crippen LogP contribution < -0.4 is 10.9 Å². The van der Waals surface area contributed by atoms with Crippen molar-refractivity contribution in [2.24, 2.45) is 0 Å². The summed E-state index contributed by atoms with van der Waals surface area (Å²) in [5.41, 5.74) is 0.691. The van der Waals surface area contributed by atoms with E-state index in [-0.39, 0.29) is 16.4 Å². The lowest BCUT2D eigenvalue weighted by Gasteiger charge is -2.10. The van der Waals surface area contributed by atoms with Gasteiger partial charge in [-0.25, -0.2) is 0 Å². The monoisotopic (exact) mass is 357 g/mol.